The van der Waals surface area contributed by atoms with E-state index in [2.05, 4.69) is 15.6 Å². The molecule has 4 heterocycles. The lowest BCUT2D eigenvalue weighted by Crippen LogP contribution is -2.17. The molecule has 8 nitrogen and oxygen atoms in total. The van der Waals surface area contributed by atoms with E-state index in [1.54, 1.807) is 10.7 Å². The van der Waals surface area contributed by atoms with Crippen molar-refractivity contribution in [1.29, 1.82) is 0 Å². The molecule has 10 heteroatoms. The maximum atomic E-state index is 12.9. The van der Waals surface area contributed by atoms with Crippen LogP contribution in [0.15, 0.2) is 28.1 Å². The summed E-state index contributed by atoms with van der Waals surface area (Å²) in [6, 6.07) is 5.31. The first-order valence-corrected chi connectivity index (χ1v) is 12.3. The number of thiophene rings is 1. The van der Waals surface area contributed by atoms with Crippen LogP contribution in [0.2, 0.25) is 0 Å². The summed E-state index contributed by atoms with van der Waals surface area (Å²) in [5.41, 5.74) is 2.86. The maximum absolute atomic E-state index is 12.9. The van der Waals surface area contributed by atoms with Gasteiger partial charge in [-0.2, -0.15) is 5.10 Å². The second-order valence-corrected chi connectivity index (χ2v) is 10.7. The molecule has 1 N–H and O–H groups in total. The number of aromatic nitrogens is 3. The lowest BCUT2D eigenvalue weighted by Gasteiger charge is -2.12. The maximum Gasteiger partial charge on any atom is 0.278 e. The van der Waals surface area contributed by atoms with Crippen molar-refractivity contribution < 1.29 is 17.7 Å². The van der Waals surface area contributed by atoms with E-state index in [9.17, 15) is 13.2 Å². The lowest BCUT2D eigenvalue weighted by atomic mass is 9.98. The fraction of sp³-hybridized carbons (Fsp3) is 0.421. The van der Waals surface area contributed by atoms with Gasteiger partial charge in [0.1, 0.15) is 0 Å². The molecule has 0 radical (unpaired) electrons. The van der Waals surface area contributed by atoms with Gasteiger partial charge < -0.3 is 4.52 Å². The van der Waals surface area contributed by atoms with Crippen LogP contribution in [-0.2, 0) is 22.7 Å². The molecule has 5 rings (SSSR count). The highest BCUT2D eigenvalue weighted by atomic mass is 32.2. The van der Waals surface area contributed by atoms with E-state index in [4.69, 9.17) is 4.52 Å². The molecule has 3 aromatic rings. The van der Waals surface area contributed by atoms with Crippen LogP contribution in [0.25, 0.3) is 10.6 Å². The Morgan fingerprint density at radius 1 is 1.31 bits per heavy atom. The minimum Gasteiger partial charge on any atom is -0.338 e. The van der Waals surface area contributed by atoms with Gasteiger partial charge in [-0.15, -0.1) is 11.3 Å². The molecule has 0 saturated carbocycles. The average Bonchev–Trinajstić information content (AvgIpc) is 3.47. The number of rotatable bonds is 4. The van der Waals surface area contributed by atoms with Gasteiger partial charge in [0.25, 0.3) is 5.91 Å². The van der Waals surface area contributed by atoms with Gasteiger partial charge in [-0.05, 0) is 49.6 Å². The smallest absolute Gasteiger partial charge is 0.278 e. The summed E-state index contributed by atoms with van der Waals surface area (Å²) in [5.74, 6) is 0.198. The number of carbonyl (C=O) groups is 1. The van der Waals surface area contributed by atoms with E-state index in [1.807, 2.05) is 17.5 Å². The Labute approximate surface area is 171 Å². The molecule has 0 spiro atoms. The van der Waals surface area contributed by atoms with Crippen LogP contribution in [0.1, 0.15) is 47.1 Å². The van der Waals surface area contributed by atoms with Crippen LogP contribution in [-0.4, -0.2) is 40.8 Å². The molecule has 2 aliphatic rings. The van der Waals surface area contributed by atoms with E-state index in [-0.39, 0.29) is 29.1 Å². The largest absolute Gasteiger partial charge is 0.338 e. The van der Waals surface area contributed by atoms with E-state index in [0.29, 0.717) is 12.3 Å². The van der Waals surface area contributed by atoms with Crippen molar-refractivity contribution in [2.45, 2.75) is 38.1 Å². The van der Waals surface area contributed by atoms with E-state index < -0.39 is 9.84 Å². The van der Waals surface area contributed by atoms with Gasteiger partial charge in [0.2, 0.25) is 5.88 Å². The van der Waals surface area contributed by atoms with Gasteiger partial charge in [-0.3, -0.25) is 14.8 Å². The predicted octanol–water partition coefficient (Wildman–Crippen LogP) is 3.09. The summed E-state index contributed by atoms with van der Waals surface area (Å²) >= 11 is 1.53. The molecular formula is C19H20N4O4S2. The Kier molecular flexibility index (Phi) is 4.54. The van der Waals surface area contributed by atoms with Gasteiger partial charge in [0.15, 0.2) is 15.5 Å². The fourth-order valence-electron chi connectivity index (χ4n) is 4.02. The summed E-state index contributed by atoms with van der Waals surface area (Å²) in [5, 5.41) is 13.3. The Bertz CT molecular complexity index is 1160. The van der Waals surface area contributed by atoms with Gasteiger partial charge in [-0.25, -0.2) is 8.42 Å². The molecule has 29 heavy (non-hydrogen) atoms. The van der Waals surface area contributed by atoms with Gasteiger partial charge in [-0.1, -0.05) is 11.2 Å². The molecule has 1 unspecified atom stereocenters. The topological polar surface area (TPSA) is 107 Å². The first-order chi connectivity index (χ1) is 14.0. The third-order valence-corrected chi connectivity index (χ3v) is 8.13. The Hall–Kier alpha value is -2.46. The number of nitrogens with zero attached hydrogens (tertiary/aromatic N) is 3. The lowest BCUT2D eigenvalue weighted by molar-refractivity contribution is 0.101. The SMILES string of the molecule is O=C(Nc1onc2c1CCCC2)c1cc(-c2cccs2)n(C2CCS(=O)(=O)C2)n1. The van der Waals surface area contributed by atoms with Crippen LogP contribution in [0, 0.1) is 0 Å². The normalized spacial score (nSPS) is 20.5. The zero-order chi connectivity index (χ0) is 20.0. The minimum absolute atomic E-state index is 0.0454. The van der Waals surface area contributed by atoms with Crippen LogP contribution in [0.3, 0.4) is 0 Å². The van der Waals surface area contributed by atoms with Crippen LogP contribution in [0.4, 0.5) is 5.88 Å². The number of carbonyl (C=O) groups excluding carboxylic acids is 1. The van der Waals surface area contributed by atoms with Crippen molar-refractivity contribution in [3.8, 4) is 10.6 Å². The van der Waals surface area contributed by atoms with Crippen molar-refractivity contribution in [1.82, 2.24) is 14.9 Å². The van der Waals surface area contributed by atoms with E-state index in [1.165, 1.54) is 11.3 Å². The van der Waals surface area contributed by atoms with Gasteiger partial charge in [0, 0.05) is 5.56 Å². The predicted molar refractivity (Wildman–Crippen MR) is 109 cm³/mol. The number of hydrogen-bond acceptors (Lipinski definition) is 7. The van der Waals surface area contributed by atoms with Crippen molar-refractivity contribution in [3.63, 3.8) is 0 Å². The Balaban J connectivity index is 1.46. The quantitative estimate of drug-likeness (QED) is 0.679. The molecule has 0 aromatic carbocycles. The van der Waals surface area contributed by atoms with Gasteiger partial charge >= 0.3 is 0 Å². The second kappa shape index (κ2) is 7.10. The first-order valence-electron chi connectivity index (χ1n) is 9.63. The fourth-order valence-corrected chi connectivity index (χ4v) is 6.44. The number of nitrogens with one attached hydrogen (secondary N) is 1. The van der Waals surface area contributed by atoms with Crippen molar-refractivity contribution in [2.75, 3.05) is 16.8 Å². The molecule has 1 aliphatic heterocycles. The minimum atomic E-state index is -3.07. The van der Waals surface area contributed by atoms with Crippen molar-refractivity contribution >= 4 is 33.0 Å². The number of fused-ring (bicyclic) bond motifs is 1. The zero-order valence-electron chi connectivity index (χ0n) is 15.6. The molecule has 1 atom stereocenters. The molecule has 1 fully saturated rings. The number of hydrogen-bond donors (Lipinski definition) is 1. The monoisotopic (exact) mass is 432 g/mol. The summed E-state index contributed by atoms with van der Waals surface area (Å²) in [6.45, 7) is 0. The van der Waals surface area contributed by atoms with Crippen LogP contribution in [0.5, 0.6) is 0 Å². The van der Waals surface area contributed by atoms with Gasteiger partial charge in [0.05, 0.1) is 33.8 Å². The number of sulfone groups is 1. The third-order valence-electron chi connectivity index (χ3n) is 5.48. The van der Waals surface area contributed by atoms with E-state index in [0.717, 1.165) is 47.5 Å². The standard InChI is InChI=1S/C19H20N4O4S2/c24-18(20-19-13-4-1-2-5-14(13)22-27-19)15-10-16(17-6-3-8-28-17)23(21-15)12-7-9-29(25,26)11-12/h3,6,8,10,12H,1-2,4-5,7,9,11H2,(H,20,24). The summed E-state index contributed by atoms with van der Waals surface area (Å²) in [6.07, 6.45) is 4.32. The molecule has 3 aromatic heterocycles. The molecule has 1 saturated heterocycles. The average molecular weight is 433 g/mol. The molecule has 152 valence electrons. The Morgan fingerprint density at radius 3 is 2.93 bits per heavy atom. The highest BCUT2D eigenvalue weighted by Gasteiger charge is 2.32. The Morgan fingerprint density at radius 2 is 2.17 bits per heavy atom. The van der Waals surface area contributed by atoms with Crippen molar-refractivity contribution in [2.24, 2.45) is 0 Å². The first kappa shape index (κ1) is 18.6. The summed E-state index contributed by atoms with van der Waals surface area (Å²) < 4.78 is 31.0. The third kappa shape index (κ3) is 3.51. The summed E-state index contributed by atoms with van der Waals surface area (Å²) in [7, 11) is -3.07. The molecule has 1 aliphatic carbocycles. The number of aryl methyl sites for hydroxylation is 1. The van der Waals surface area contributed by atoms with E-state index >= 15 is 0 Å². The second-order valence-electron chi connectivity index (χ2n) is 7.49. The zero-order valence-corrected chi connectivity index (χ0v) is 17.3. The molecular weight excluding hydrogens is 412 g/mol. The molecule has 0 bridgehead atoms. The molecule has 1 amide bonds. The highest BCUT2D eigenvalue weighted by molar-refractivity contribution is 7.91. The number of amides is 1. The van der Waals surface area contributed by atoms with Crippen LogP contribution < -0.4 is 5.32 Å². The number of anilines is 1. The van der Waals surface area contributed by atoms with Crippen LogP contribution >= 0.6 is 11.3 Å². The summed E-state index contributed by atoms with van der Waals surface area (Å²) in [4.78, 5) is 13.8. The highest BCUT2D eigenvalue weighted by Crippen LogP contribution is 2.33. The van der Waals surface area contributed by atoms with Crippen molar-refractivity contribution in [3.05, 3.63) is 40.5 Å².